The van der Waals surface area contributed by atoms with Gasteiger partial charge in [0.05, 0.1) is 5.75 Å². The van der Waals surface area contributed by atoms with Crippen LogP contribution in [0.15, 0.2) is 23.1 Å². The fourth-order valence-electron chi connectivity index (χ4n) is 3.65. The Bertz CT molecular complexity index is 554. The van der Waals surface area contributed by atoms with Gasteiger partial charge in [-0.25, -0.2) is 0 Å². The SMILES string of the molecule is Cc1ccc(C)c(SCC(=O)N(C)C2CC3CCC(C2)N3)c1.Cl. The third kappa shape index (κ3) is 4.43. The van der Waals surface area contributed by atoms with Crippen LogP contribution in [0.4, 0.5) is 0 Å². The number of carbonyl (C=O) groups is 1. The van der Waals surface area contributed by atoms with Crippen LogP contribution in [-0.4, -0.2) is 41.7 Å². The van der Waals surface area contributed by atoms with Gasteiger partial charge < -0.3 is 10.2 Å². The Labute approximate surface area is 150 Å². The molecular weight excluding hydrogens is 328 g/mol. The maximum Gasteiger partial charge on any atom is 0.232 e. The minimum atomic E-state index is 0. The molecule has 23 heavy (non-hydrogen) atoms. The van der Waals surface area contributed by atoms with Crippen LogP contribution in [0.3, 0.4) is 0 Å². The minimum Gasteiger partial charge on any atom is -0.342 e. The molecule has 0 radical (unpaired) electrons. The van der Waals surface area contributed by atoms with Crippen molar-refractivity contribution in [2.75, 3.05) is 12.8 Å². The second kappa shape index (κ2) is 7.91. The van der Waals surface area contributed by atoms with E-state index in [4.69, 9.17) is 0 Å². The number of carbonyl (C=O) groups excluding carboxylic acids is 1. The number of benzene rings is 1. The van der Waals surface area contributed by atoms with Gasteiger partial charge in [-0.05, 0) is 51.2 Å². The van der Waals surface area contributed by atoms with Crippen molar-refractivity contribution in [3.8, 4) is 0 Å². The average molecular weight is 355 g/mol. The molecule has 2 aliphatic heterocycles. The van der Waals surface area contributed by atoms with Gasteiger partial charge in [0.2, 0.25) is 5.91 Å². The zero-order valence-electron chi connectivity index (χ0n) is 14.2. The smallest absolute Gasteiger partial charge is 0.232 e. The van der Waals surface area contributed by atoms with Crippen molar-refractivity contribution in [2.24, 2.45) is 0 Å². The molecule has 2 unspecified atom stereocenters. The Morgan fingerprint density at radius 3 is 2.57 bits per heavy atom. The Morgan fingerprint density at radius 1 is 1.26 bits per heavy atom. The molecule has 0 aromatic heterocycles. The molecule has 128 valence electrons. The molecule has 5 heteroatoms. The van der Waals surface area contributed by atoms with Crippen LogP contribution in [0.1, 0.15) is 36.8 Å². The summed E-state index contributed by atoms with van der Waals surface area (Å²) in [5.41, 5.74) is 2.51. The predicted molar refractivity (Wildman–Crippen MR) is 99.6 cm³/mol. The van der Waals surface area contributed by atoms with Crippen molar-refractivity contribution in [3.63, 3.8) is 0 Å². The van der Waals surface area contributed by atoms with Crippen molar-refractivity contribution < 1.29 is 4.79 Å². The van der Waals surface area contributed by atoms with E-state index in [1.807, 2.05) is 11.9 Å². The van der Waals surface area contributed by atoms with Gasteiger partial charge in [-0.3, -0.25) is 4.79 Å². The van der Waals surface area contributed by atoms with Crippen molar-refractivity contribution in [1.29, 1.82) is 0 Å². The molecule has 0 aliphatic carbocycles. The Hall–Kier alpha value is -0.710. The van der Waals surface area contributed by atoms with Gasteiger partial charge in [0.1, 0.15) is 0 Å². The van der Waals surface area contributed by atoms with Crippen molar-refractivity contribution >= 4 is 30.1 Å². The van der Waals surface area contributed by atoms with E-state index in [-0.39, 0.29) is 18.3 Å². The van der Waals surface area contributed by atoms with Gasteiger partial charge >= 0.3 is 0 Å². The zero-order valence-corrected chi connectivity index (χ0v) is 15.8. The van der Waals surface area contributed by atoms with E-state index in [1.165, 1.54) is 28.9 Å². The summed E-state index contributed by atoms with van der Waals surface area (Å²) in [5.74, 6) is 0.803. The normalized spacial score (nSPS) is 25.8. The molecule has 0 saturated carbocycles. The Kier molecular flexibility index (Phi) is 6.40. The second-order valence-corrected chi connectivity index (χ2v) is 7.84. The van der Waals surface area contributed by atoms with Crippen LogP contribution in [0.5, 0.6) is 0 Å². The van der Waals surface area contributed by atoms with Gasteiger partial charge in [-0.1, -0.05) is 17.7 Å². The number of piperidine rings is 1. The molecule has 1 aromatic rings. The molecule has 3 nitrogen and oxygen atoms in total. The van der Waals surface area contributed by atoms with Gasteiger partial charge in [-0.2, -0.15) is 0 Å². The van der Waals surface area contributed by atoms with Crippen LogP contribution in [0, 0.1) is 13.8 Å². The average Bonchev–Trinajstić information content (AvgIpc) is 2.85. The summed E-state index contributed by atoms with van der Waals surface area (Å²) in [4.78, 5) is 15.8. The van der Waals surface area contributed by atoms with Crippen LogP contribution < -0.4 is 5.32 Å². The van der Waals surface area contributed by atoms with Gasteiger partial charge in [-0.15, -0.1) is 24.2 Å². The lowest BCUT2D eigenvalue weighted by atomic mass is 9.98. The molecule has 1 aromatic carbocycles. The van der Waals surface area contributed by atoms with E-state index in [1.54, 1.807) is 11.8 Å². The first-order chi connectivity index (χ1) is 10.5. The minimum absolute atomic E-state index is 0. The number of halogens is 1. The highest BCUT2D eigenvalue weighted by molar-refractivity contribution is 8.00. The molecule has 1 amide bonds. The lowest BCUT2D eigenvalue weighted by Gasteiger charge is -2.35. The zero-order chi connectivity index (χ0) is 15.7. The standard InChI is InChI=1S/C18H26N2OS.ClH/c1-12-4-5-13(2)17(8-12)22-11-18(21)20(3)16-9-14-6-7-15(10-16)19-14;/h4-5,8,14-16,19H,6-7,9-11H2,1-3H3;1H. The van der Waals surface area contributed by atoms with Crippen LogP contribution >= 0.6 is 24.2 Å². The first-order valence-electron chi connectivity index (χ1n) is 8.24. The monoisotopic (exact) mass is 354 g/mol. The van der Waals surface area contributed by atoms with Crippen molar-refractivity contribution in [2.45, 2.75) is 62.6 Å². The van der Waals surface area contributed by atoms with Gasteiger partial charge in [0.15, 0.2) is 0 Å². The van der Waals surface area contributed by atoms with Crippen molar-refractivity contribution in [1.82, 2.24) is 10.2 Å². The lowest BCUT2D eigenvalue weighted by Crippen LogP contribution is -2.49. The maximum absolute atomic E-state index is 12.5. The largest absolute Gasteiger partial charge is 0.342 e. The topological polar surface area (TPSA) is 32.3 Å². The molecule has 2 fully saturated rings. The number of nitrogens with one attached hydrogen (secondary N) is 1. The van der Waals surface area contributed by atoms with Crippen LogP contribution in [0.25, 0.3) is 0 Å². The van der Waals surface area contributed by atoms with E-state index in [0.717, 1.165) is 12.8 Å². The quantitative estimate of drug-likeness (QED) is 0.839. The highest BCUT2D eigenvalue weighted by Gasteiger charge is 2.36. The highest BCUT2D eigenvalue weighted by atomic mass is 35.5. The Morgan fingerprint density at radius 2 is 1.91 bits per heavy atom. The highest BCUT2D eigenvalue weighted by Crippen LogP contribution is 2.30. The van der Waals surface area contributed by atoms with Crippen molar-refractivity contribution in [3.05, 3.63) is 29.3 Å². The molecule has 0 spiro atoms. The first kappa shape index (κ1) is 18.6. The van der Waals surface area contributed by atoms with E-state index < -0.39 is 0 Å². The third-order valence-electron chi connectivity index (χ3n) is 5.08. The molecule has 2 aliphatic rings. The Balaban J connectivity index is 0.00000192. The molecular formula is C18H27ClN2OS. The molecule has 1 N–H and O–H groups in total. The summed E-state index contributed by atoms with van der Waals surface area (Å²) in [5, 5.41) is 3.64. The number of hydrogen-bond acceptors (Lipinski definition) is 3. The van der Waals surface area contributed by atoms with Crippen LogP contribution in [-0.2, 0) is 4.79 Å². The number of thioether (sulfide) groups is 1. The molecule has 2 saturated heterocycles. The fraction of sp³-hybridized carbons (Fsp3) is 0.611. The third-order valence-corrected chi connectivity index (χ3v) is 6.23. The van der Waals surface area contributed by atoms with E-state index in [0.29, 0.717) is 23.9 Å². The number of aryl methyl sites for hydroxylation is 2. The number of nitrogens with zero attached hydrogens (tertiary/aromatic N) is 1. The predicted octanol–water partition coefficient (Wildman–Crippen LogP) is 3.56. The summed E-state index contributed by atoms with van der Waals surface area (Å²) >= 11 is 1.67. The van der Waals surface area contributed by atoms with E-state index in [9.17, 15) is 4.79 Å². The maximum atomic E-state index is 12.5. The summed E-state index contributed by atoms with van der Waals surface area (Å²) in [7, 11) is 1.99. The van der Waals surface area contributed by atoms with Gasteiger partial charge in [0, 0.05) is 30.1 Å². The molecule has 2 bridgehead atoms. The molecule has 3 rings (SSSR count). The van der Waals surface area contributed by atoms with E-state index >= 15 is 0 Å². The number of rotatable bonds is 4. The number of fused-ring (bicyclic) bond motifs is 2. The molecule has 2 heterocycles. The van der Waals surface area contributed by atoms with E-state index in [2.05, 4.69) is 37.4 Å². The number of amides is 1. The first-order valence-corrected chi connectivity index (χ1v) is 9.23. The van der Waals surface area contributed by atoms with Crippen LogP contribution in [0.2, 0.25) is 0 Å². The summed E-state index contributed by atoms with van der Waals surface area (Å²) in [6, 6.07) is 8.12. The summed E-state index contributed by atoms with van der Waals surface area (Å²) < 4.78 is 0. The lowest BCUT2D eigenvalue weighted by molar-refractivity contribution is -0.129. The second-order valence-electron chi connectivity index (χ2n) is 6.83. The number of hydrogen-bond donors (Lipinski definition) is 1. The van der Waals surface area contributed by atoms with Gasteiger partial charge in [0.25, 0.3) is 0 Å². The fourth-order valence-corrected chi connectivity index (χ4v) is 4.70. The summed E-state index contributed by atoms with van der Waals surface area (Å²) in [6.07, 6.45) is 4.79. The molecule has 2 atom stereocenters. The summed E-state index contributed by atoms with van der Waals surface area (Å²) in [6.45, 7) is 4.21.